The van der Waals surface area contributed by atoms with E-state index in [2.05, 4.69) is 103 Å². The molecule has 0 bridgehead atoms. The molecule has 0 aliphatic heterocycles. The van der Waals surface area contributed by atoms with Gasteiger partial charge in [0.25, 0.3) is 0 Å². The van der Waals surface area contributed by atoms with Crippen LogP contribution < -0.4 is 0 Å². The second-order valence-electron chi connectivity index (χ2n) is 8.82. The summed E-state index contributed by atoms with van der Waals surface area (Å²) in [6.07, 6.45) is 1.12. The number of hydrogen-bond donors (Lipinski definition) is 0. The average Bonchev–Trinajstić information content (AvgIpc) is 2.46. The molecule has 0 saturated carbocycles. The summed E-state index contributed by atoms with van der Waals surface area (Å²) >= 11 is 0. The molecule has 0 N–H and O–H groups in total. The van der Waals surface area contributed by atoms with E-state index in [1.807, 2.05) is 0 Å². The summed E-state index contributed by atoms with van der Waals surface area (Å²) < 4.78 is 0. The average molecular weight is 309 g/mol. The second-order valence-corrected chi connectivity index (χ2v) is 8.82. The molecule has 0 saturated heterocycles. The van der Waals surface area contributed by atoms with Crippen molar-refractivity contribution >= 4 is 0 Å². The standard InChI is InChI=1S/C23H32/c1-18-13-11-12-16-20(18)22(5,6)17-23(7,21(2,3)4)19-14-9-8-10-15-19/h8-16H,17H2,1-7H3/t23-/m1/s1. The van der Waals surface area contributed by atoms with Gasteiger partial charge in [-0.2, -0.15) is 0 Å². The Morgan fingerprint density at radius 3 is 1.74 bits per heavy atom. The van der Waals surface area contributed by atoms with Crippen LogP contribution in [0.4, 0.5) is 0 Å². The van der Waals surface area contributed by atoms with Crippen molar-refractivity contribution in [3.05, 3.63) is 71.3 Å². The van der Waals surface area contributed by atoms with Crippen LogP contribution in [0.3, 0.4) is 0 Å². The van der Waals surface area contributed by atoms with Crippen LogP contribution in [0.1, 0.15) is 64.7 Å². The lowest BCUT2D eigenvalue weighted by molar-refractivity contribution is 0.156. The van der Waals surface area contributed by atoms with Crippen LogP contribution in [0.2, 0.25) is 0 Å². The van der Waals surface area contributed by atoms with E-state index in [0.717, 1.165) is 6.42 Å². The van der Waals surface area contributed by atoms with Crippen LogP contribution in [0.15, 0.2) is 54.6 Å². The van der Waals surface area contributed by atoms with E-state index in [-0.39, 0.29) is 16.2 Å². The fourth-order valence-corrected chi connectivity index (χ4v) is 3.92. The normalized spacial score (nSPS) is 15.3. The lowest BCUT2D eigenvalue weighted by atomic mass is 9.57. The largest absolute Gasteiger partial charge is 0.0622 e. The van der Waals surface area contributed by atoms with Gasteiger partial charge in [0, 0.05) is 0 Å². The maximum atomic E-state index is 2.43. The Hall–Kier alpha value is -1.56. The van der Waals surface area contributed by atoms with Crippen LogP contribution in [-0.2, 0) is 10.8 Å². The highest BCUT2D eigenvalue weighted by Crippen LogP contribution is 2.49. The van der Waals surface area contributed by atoms with Gasteiger partial charge in [-0.1, -0.05) is 96.1 Å². The summed E-state index contributed by atoms with van der Waals surface area (Å²) in [4.78, 5) is 0. The van der Waals surface area contributed by atoms with Gasteiger partial charge in [0.15, 0.2) is 0 Å². The van der Waals surface area contributed by atoms with Crippen LogP contribution in [-0.4, -0.2) is 0 Å². The van der Waals surface area contributed by atoms with Gasteiger partial charge >= 0.3 is 0 Å². The molecule has 0 spiro atoms. The Morgan fingerprint density at radius 1 is 0.696 bits per heavy atom. The maximum absolute atomic E-state index is 2.43. The van der Waals surface area contributed by atoms with Crippen molar-refractivity contribution in [1.29, 1.82) is 0 Å². The molecule has 0 aliphatic rings. The Kier molecular flexibility index (Phi) is 4.76. The minimum absolute atomic E-state index is 0.111. The number of benzene rings is 2. The first-order chi connectivity index (χ1) is 10.6. The molecule has 1 atom stereocenters. The molecule has 124 valence electrons. The predicted octanol–water partition coefficient (Wildman–Crippen LogP) is 6.67. The van der Waals surface area contributed by atoms with Crippen molar-refractivity contribution in [3.8, 4) is 0 Å². The molecule has 2 aromatic carbocycles. The van der Waals surface area contributed by atoms with E-state index in [1.165, 1.54) is 16.7 Å². The molecule has 23 heavy (non-hydrogen) atoms. The molecular weight excluding hydrogens is 276 g/mol. The van der Waals surface area contributed by atoms with Gasteiger partial charge in [-0.3, -0.25) is 0 Å². The van der Waals surface area contributed by atoms with Crippen molar-refractivity contribution < 1.29 is 0 Å². The number of aryl methyl sites for hydroxylation is 1. The third-order valence-corrected chi connectivity index (χ3v) is 5.74. The third kappa shape index (κ3) is 3.52. The first-order valence-electron chi connectivity index (χ1n) is 8.70. The summed E-state index contributed by atoms with van der Waals surface area (Å²) in [5, 5.41) is 0. The number of hydrogen-bond acceptors (Lipinski definition) is 0. The SMILES string of the molecule is Cc1ccccc1C(C)(C)C[C@](C)(c1ccccc1)C(C)(C)C. The summed E-state index contributed by atoms with van der Waals surface area (Å²) in [5.74, 6) is 0. The quantitative estimate of drug-likeness (QED) is 0.592. The topological polar surface area (TPSA) is 0 Å². The molecule has 2 aromatic rings. The number of rotatable bonds is 4. The first-order valence-corrected chi connectivity index (χ1v) is 8.70. The molecule has 0 fully saturated rings. The molecule has 0 heterocycles. The summed E-state index contributed by atoms with van der Waals surface area (Å²) in [7, 11) is 0. The molecule has 0 unspecified atom stereocenters. The van der Waals surface area contributed by atoms with Crippen molar-refractivity contribution in [2.75, 3.05) is 0 Å². The molecule has 0 aliphatic carbocycles. The molecule has 0 aromatic heterocycles. The van der Waals surface area contributed by atoms with Crippen molar-refractivity contribution in [2.45, 2.75) is 65.7 Å². The third-order valence-electron chi connectivity index (χ3n) is 5.74. The van der Waals surface area contributed by atoms with E-state index in [0.29, 0.717) is 0 Å². The highest BCUT2D eigenvalue weighted by molar-refractivity contribution is 5.35. The lowest BCUT2D eigenvalue weighted by Crippen LogP contribution is -2.42. The summed E-state index contributed by atoms with van der Waals surface area (Å²) in [6, 6.07) is 19.9. The van der Waals surface area contributed by atoms with Crippen LogP contribution >= 0.6 is 0 Å². The van der Waals surface area contributed by atoms with Gasteiger partial charge in [0.05, 0.1) is 0 Å². The van der Waals surface area contributed by atoms with Gasteiger partial charge in [-0.05, 0) is 46.3 Å². The Balaban J connectivity index is 2.49. The predicted molar refractivity (Wildman–Crippen MR) is 102 cm³/mol. The van der Waals surface area contributed by atoms with Gasteiger partial charge in [0.2, 0.25) is 0 Å². The zero-order valence-corrected chi connectivity index (χ0v) is 15.9. The lowest BCUT2D eigenvalue weighted by Gasteiger charge is -2.47. The highest BCUT2D eigenvalue weighted by atomic mass is 14.5. The van der Waals surface area contributed by atoms with E-state index < -0.39 is 0 Å². The van der Waals surface area contributed by atoms with Gasteiger partial charge < -0.3 is 0 Å². The maximum Gasteiger partial charge on any atom is -0.00185 e. The molecule has 2 rings (SSSR count). The van der Waals surface area contributed by atoms with E-state index in [9.17, 15) is 0 Å². The van der Waals surface area contributed by atoms with Gasteiger partial charge in [-0.25, -0.2) is 0 Å². The fourth-order valence-electron chi connectivity index (χ4n) is 3.92. The van der Waals surface area contributed by atoms with Crippen LogP contribution in [0, 0.1) is 12.3 Å². The minimum Gasteiger partial charge on any atom is -0.0622 e. The monoisotopic (exact) mass is 308 g/mol. The van der Waals surface area contributed by atoms with Crippen LogP contribution in [0.5, 0.6) is 0 Å². The molecule has 0 radical (unpaired) electrons. The van der Waals surface area contributed by atoms with E-state index in [4.69, 9.17) is 0 Å². The Labute approximate surface area is 143 Å². The zero-order valence-electron chi connectivity index (χ0n) is 15.9. The van der Waals surface area contributed by atoms with E-state index in [1.54, 1.807) is 0 Å². The highest BCUT2D eigenvalue weighted by Gasteiger charge is 2.43. The molecule has 0 amide bonds. The Morgan fingerprint density at radius 2 is 1.22 bits per heavy atom. The molecular formula is C23H32. The van der Waals surface area contributed by atoms with Gasteiger partial charge in [0.1, 0.15) is 0 Å². The molecule has 0 heteroatoms. The van der Waals surface area contributed by atoms with Crippen molar-refractivity contribution in [1.82, 2.24) is 0 Å². The summed E-state index contributed by atoms with van der Waals surface area (Å²) in [6.45, 7) is 16.6. The van der Waals surface area contributed by atoms with Crippen molar-refractivity contribution in [3.63, 3.8) is 0 Å². The fraction of sp³-hybridized carbons (Fsp3) is 0.478. The minimum atomic E-state index is 0.111. The van der Waals surface area contributed by atoms with Crippen LogP contribution in [0.25, 0.3) is 0 Å². The van der Waals surface area contributed by atoms with Gasteiger partial charge in [-0.15, -0.1) is 0 Å². The smallest absolute Gasteiger partial charge is 0.00185 e. The molecule has 0 nitrogen and oxygen atoms in total. The van der Waals surface area contributed by atoms with E-state index >= 15 is 0 Å². The Bertz CT molecular complexity index is 643. The second kappa shape index (κ2) is 6.15. The first kappa shape index (κ1) is 17.8. The van der Waals surface area contributed by atoms with Crippen molar-refractivity contribution in [2.24, 2.45) is 5.41 Å². The summed E-state index contributed by atoms with van der Waals surface area (Å²) in [5.41, 5.74) is 4.72. The zero-order chi connectivity index (χ0) is 17.3.